The number of nitrogens with one attached hydrogen (secondary N) is 4. The number of carbonyl (C=O) groups is 8. The Morgan fingerprint density at radius 3 is 1.08 bits per heavy atom. The molecule has 3 aliphatic carbocycles. The van der Waals surface area contributed by atoms with Gasteiger partial charge < -0.3 is 19.6 Å². The van der Waals surface area contributed by atoms with Gasteiger partial charge >= 0.3 is 30.3 Å². The molecule has 8 aromatic rings. The maximum Gasteiger partial charge on any atom is 0.391 e. The van der Waals surface area contributed by atoms with Crippen molar-refractivity contribution < 1.29 is 82.3 Å². The highest BCUT2D eigenvalue weighted by atomic mass is 19.4. The number of aryl methyl sites for hydroxylation is 1. The lowest BCUT2D eigenvalue weighted by Crippen LogP contribution is -2.48. The van der Waals surface area contributed by atoms with Crippen molar-refractivity contribution in [3.05, 3.63) is 150 Å². The number of carbonyl (C=O) groups excluding carboxylic acids is 8. The summed E-state index contributed by atoms with van der Waals surface area (Å²) in [7, 11) is 0. The standard InChI is InChI=1S/C21H21F4N5O2.3C19H18F2N6O2/c1-11(21(23,24)25)9-17(31)15-4-5-16-19(27-15)30(13-7-8-29(16)10-13)20(32)28-18-6-3-14(22)12(2)26-18;20-19(21)8-11(19)7-15(28)13-1-2-14-17(24-13)27(12-3-6-26(14)10-12)18(29)25-16-9-22-4-5-23-16;2*20-19(21)9-11(19)8-15(28)13-3-4-14-17(23-13)27(12-5-7-26(14)10-12)18(29)24-16-2-1-6-22-25-16/h3-6,11,13H,7-10H2,1-2H3,(H,26,28,32);1-2,4-5,9,11-12H,3,6-8,10H2,(H,23,25,29);2*1-4,6,11-12H,5,7-10H2,(H,24,25,29)/t11-,13-;3*11-,12+/m0111/s1. The molecule has 119 heavy (non-hydrogen) atoms. The maximum atomic E-state index is 13.5. The van der Waals surface area contributed by atoms with Gasteiger partial charge in [-0.15, -0.1) is 10.2 Å². The number of amides is 8. The number of hydrogen-bond acceptors (Lipinski definition) is 23. The second-order valence-corrected chi connectivity index (χ2v) is 30.9. The Labute approximate surface area is 670 Å². The maximum absolute atomic E-state index is 13.5. The molecule has 4 saturated heterocycles. The molecule has 0 aromatic carbocycles. The van der Waals surface area contributed by atoms with Crippen LogP contribution in [0.25, 0.3) is 0 Å². The summed E-state index contributed by atoms with van der Waals surface area (Å²) in [6, 6.07) is 19.7. The average Bonchev–Trinajstić information content (AvgIpc) is 1.67. The highest BCUT2D eigenvalue weighted by molar-refractivity contribution is 6.09. The predicted octanol–water partition coefficient (Wildman–Crippen LogP) is 12.5. The summed E-state index contributed by atoms with van der Waals surface area (Å²) in [5.41, 5.74) is 3.18. The molecule has 8 amide bonds. The molecule has 19 rings (SSSR count). The molecule has 0 radical (unpaired) electrons. The molecular weight excluding hydrogens is 1580 g/mol. The third-order valence-electron chi connectivity index (χ3n) is 22.7. The van der Waals surface area contributed by atoms with Crippen LogP contribution < -0.4 is 60.5 Å². The average molecular weight is 1650 g/mol. The number of alkyl halides is 9. The molecular formula is C78H75F10N23O8. The largest absolute Gasteiger partial charge is 0.391 e. The SMILES string of the molecule is Cc1nc(NC(=O)N2c3nc(C(=O)C[C@H](C)C(F)(F)F)ccc3N3CC[C@H]2C3)ccc1F.O=C(C[C@@H]1CC1(F)F)c1ccc2c(n1)N(C(=O)Nc1cccnn1)[C@H]1CCN2C1.O=C(C[C@@H]1CC1(F)F)c1ccc2c(n1)N(C(=O)Nc1cccnn1)[C@H]1CCN2C1.O=C(C[C@@H]1CC1(F)F)c1ccc2c(n1)N(C(=O)Nc1cnccn1)[C@H]1CCN2C1. The van der Waals surface area contributed by atoms with Crippen LogP contribution in [-0.4, -0.2) is 203 Å². The molecule has 16 heterocycles. The summed E-state index contributed by atoms with van der Waals surface area (Å²) in [4.78, 5) is 146. The molecule has 3 saturated carbocycles. The van der Waals surface area contributed by atoms with E-state index >= 15 is 0 Å². The van der Waals surface area contributed by atoms with E-state index in [0.29, 0.717) is 79.7 Å². The van der Waals surface area contributed by atoms with Crippen LogP contribution in [0.1, 0.15) is 125 Å². The number of pyridine rings is 5. The minimum absolute atomic E-state index is 0.0928. The molecule has 8 bridgehead atoms. The predicted molar refractivity (Wildman–Crippen MR) is 411 cm³/mol. The number of rotatable bonds is 16. The lowest BCUT2D eigenvalue weighted by molar-refractivity contribution is -0.168. The molecule has 7 fully saturated rings. The van der Waals surface area contributed by atoms with Crippen molar-refractivity contribution in [1.82, 2.24) is 55.3 Å². The fourth-order valence-corrected chi connectivity index (χ4v) is 15.9. The van der Waals surface area contributed by atoms with Gasteiger partial charge in [0.1, 0.15) is 34.4 Å². The van der Waals surface area contributed by atoms with Crippen molar-refractivity contribution in [2.45, 2.75) is 133 Å². The molecule has 41 heteroatoms. The quantitative estimate of drug-likeness (QED) is 0.0515. The van der Waals surface area contributed by atoms with E-state index < -0.39 is 107 Å². The number of aromatic nitrogens is 11. The summed E-state index contributed by atoms with van der Waals surface area (Å²) < 4.78 is 131. The molecule has 4 N–H and O–H groups in total. The van der Waals surface area contributed by atoms with Gasteiger partial charge in [-0.3, -0.25) is 65.0 Å². The molecule has 8 aromatic heterocycles. The first-order valence-electron chi connectivity index (χ1n) is 38.5. The summed E-state index contributed by atoms with van der Waals surface area (Å²) in [5.74, 6) is -13.0. The van der Waals surface area contributed by atoms with Crippen LogP contribution in [0.3, 0.4) is 0 Å². The van der Waals surface area contributed by atoms with Crippen molar-refractivity contribution in [2.75, 3.05) is 113 Å². The molecule has 31 nitrogen and oxygen atoms in total. The van der Waals surface area contributed by atoms with Gasteiger partial charge in [-0.2, -0.15) is 23.4 Å². The zero-order valence-corrected chi connectivity index (χ0v) is 63.6. The molecule has 8 atom stereocenters. The van der Waals surface area contributed by atoms with Gasteiger partial charge in [-0.05, 0) is 118 Å². The number of nitrogens with zero attached hydrogens (tertiary/aromatic N) is 19. The smallest absolute Gasteiger partial charge is 0.366 e. The number of fused-ring (bicyclic) bond motifs is 16. The topological polar surface area (TPSA) is 352 Å². The number of Topliss-reactive ketones (excluding diaryl/α,β-unsaturated/α-hetero) is 4. The Morgan fingerprint density at radius 1 is 0.437 bits per heavy atom. The number of anilines is 12. The van der Waals surface area contributed by atoms with Gasteiger partial charge in [0.2, 0.25) is 0 Å². The van der Waals surface area contributed by atoms with Crippen LogP contribution in [0, 0.1) is 36.4 Å². The van der Waals surface area contributed by atoms with Gasteiger partial charge in [-0.1, -0.05) is 6.92 Å². The van der Waals surface area contributed by atoms with E-state index in [0.717, 1.165) is 62.9 Å². The van der Waals surface area contributed by atoms with Gasteiger partial charge in [0, 0.05) is 140 Å². The molecule has 0 unspecified atom stereocenters. The summed E-state index contributed by atoms with van der Waals surface area (Å²) in [5, 5.41) is 26.0. The number of halogens is 10. The third-order valence-corrected chi connectivity index (χ3v) is 22.7. The Hall–Kier alpha value is -12.8. The Bertz CT molecular complexity index is 4950. The Kier molecular flexibility index (Phi) is 21.3. The fraction of sp³-hybridized carbons (Fsp3) is 0.423. The van der Waals surface area contributed by atoms with Crippen molar-refractivity contribution in [3.8, 4) is 0 Å². The van der Waals surface area contributed by atoms with Crippen LogP contribution in [0.5, 0.6) is 0 Å². The first-order valence-corrected chi connectivity index (χ1v) is 38.5. The van der Waals surface area contributed by atoms with Crippen molar-refractivity contribution in [3.63, 3.8) is 0 Å². The van der Waals surface area contributed by atoms with Crippen molar-refractivity contribution in [1.29, 1.82) is 0 Å². The second-order valence-electron chi connectivity index (χ2n) is 30.9. The highest BCUT2D eigenvalue weighted by Gasteiger charge is 2.59. The van der Waals surface area contributed by atoms with Crippen LogP contribution in [0.4, 0.5) is 132 Å². The monoisotopic (exact) mass is 1650 g/mol. The van der Waals surface area contributed by atoms with E-state index in [4.69, 9.17) is 0 Å². The van der Waals surface area contributed by atoms with Crippen molar-refractivity contribution >= 4 is 117 Å². The summed E-state index contributed by atoms with van der Waals surface area (Å²) >= 11 is 0. The minimum atomic E-state index is -4.49. The Balaban J connectivity index is 0.000000118. The molecule has 620 valence electrons. The summed E-state index contributed by atoms with van der Waals surface area (Å²) in [6.07, 6.45) is 3.68. The summed E-state index contributed by atoms with van der Waals surface area (Å²) in [6.45, 7) is 7.99. The lowest BCUT2D eigenvalue weighted by Gasteiger charge is -2.35. The second kappa shape index (κ2) is 31.6. The zero-order valence-electron chi connectivity index (χ0n) is 63.6. The van der Waals surface area contributed by atoms with Gasteiger partial charge in [0.25, 0.3) is 17.8 Å². The Morgan fingerprint density at radius 2 is 0.773 bits per heavy atom. The van der Waals surface area contributed by atoms with Crippen LogP contribution in [0.2, 0.25) is 0 Å². The zero-order chi connectivity index (χ0) is 83.7. The van der Waals surface area contributed by atoms with E-state index in [-0.39, 0.29) is 103 Å². The van der Waals surface area contributed by atoms with Gasteiger partial charge in [-0.25, -0.2) is 79.8 Å². The van der Waals surface area contributed by atoms with Gasteiger partial charge in [0.15, 0.2) is 63.9 Å². The van der Waals surface area contributed by atoms with E-state index in [9.17, 15) is 82.3 Å². The van der Waals surface area contributed by atoms with Crippen molar-refractivity contribution in [2.24, 2.45) is 23.7 Å². The molecule has 11 aliphatic rings. The fourth-order valence-electron chi connectivity index (χ4n) is 15.9. The first kappa shape index (κ1) is 80.1. The van der Waals surface area contributed by atoms with Crippen LogP contribution >= 0.6 is 0 Å². The molecule has 8 aliphatic heterocycles. The van der Waals surface area contributed by atoms with E-state index in [1.54, 1.807) is 66.7 Å². The van der Waals surface area contributed by atoms with Crippen LogP contribution in [-0.2, 0) is 0 Å². The number of urea groups is 4. The van der Waals surface area contributed by atoms with E-state index in [1.807, 2.05) is 4.90 Å². The minimum Gasteiger partial charge on any atom is -0.366 e. The molecule has 0 spiro atoms. The number of hydrogen-bond donors (Lipinski definition) is 4. The normalized spacial score (nSPS) is 22.1. The number of ketones is 4. The highest BCUT2D eigenvalue weighted by Crippen LogP contribution is 2.54. The lowest BCUT2D eigenvalue weighted by atomic mass is 10.0. The third kappa shape index (κ3) is 17.0. The van der Waals surface area contributed by atoms with Gasteiger partial charge in [0.05, 0.1) is 64.7 Å². The van der Waals surface area contributed by atoms with E-state index in [2.05, 4.69) is 91.2 Å². The van der Waals surface area contributed by atoms with Crippen LogP contribution in [0.15, 0.2) is 116 Å². The van der Waals surface area contributed by atoms with E-state index in [1.165, 1.54) is 75.7 Å². The first-order chi connectivity index (χ1) is 56.8.